The van der Waals surface area contributed by atoms with Crippen LogP contribution in [0.2, 0.25) is 0 Å². The first kappa shape index (κ1) is 16.0. The summed E-state index contributed by atoms with van der Waals surface area (Å²) >= 11 is 0. The van der Waals surface area contributed by atoms with Gasteiger partial charge >= 0.3 is 0 Å². The molecule has 1 aromatic rings. The fourth-order valence-electron chi connectivity index (χ4n) is 2.27. The van der Waals surface area contributed by atoms with Gasteiger partial charge in [-0.05, 0) is 32.8 Å². The smallest absolute Gasteiger partial charge is 0.146 e. The summed E-state index contributed by atoms with van der Waals surface area (Å²) in [6.45, 7) is 8.85. The quantitative estimate of drug-likeness (QED) is 0.797. The van der Waals surface area contributed by atoms with Crippen LogP contribution < -0.4 is 4.90 Å². The van der Waals surface area contributed by atoms with Gasteiger partial charge in [0.2, 0.25) is 0 Å². The van der Waals surface area contributed by atoms with Crippen molar-refractivity contribution >= 4 is 5.69 Å². The monoisotopic (exact) mass is 267 g/mol. The molecule has 1 aromatic carbocycles. The number of unbranched alkanes of at least 4 members (excludes halogenated alkanes) is 1. The number of rotatable bonds is 7. The van der Waals surface area contributed by atoms with Gasteiger partial charge in [0, 0.05) is 18.2 Å². The Labute approximate surface area is 116 Å². The first-order valence-corrected chi connectivity index (χ1v) is 7.26. The topological polar surface area (TPSA) is 23.5 Å². The lowest BCUT2D eigenvalue weighted by atomic mass is 10.0. The van der Waals surface area contributed by atoms with Gasteiger partial charge in [0.1, 0.15) is 5.82 Å². The van der Waals surface area contributed by atoms with Crippen molar-refractivity contribution in [3.63, 3.8) is 0 Å². The first-order valence-electron chi connectivity index (χ1n) is 7.26. The predicted molar refractivity (Wildman–Crippen MR) is 79.0 cm³/mol. The first-order chi connectivity index (χ1) is 9.02. The van der Waals surface area contributed by atoms with E-state index in [1.165, 1.54) is 6.07 Å². The normalized spacial score (nSPS) is 14.2. The van der Waals surface area contributed by atoms with Gasteiger partial charge in [-0.2, -0.15) is 0 Å². The third-order valence-corrected chi connectivity index (χ3v) is 3.63. The minimum atomic E-state index is -0.654. The molecule has 108 valence electrons. The van der Waals surface area contributed by atoms with Gasteiger partial charge in [-0.15, -0.1) is 0 Å². The maximum Gasteiger partial charge on any atom is 0.146 e. The van der Waals surface area contributed by atoms with E-state index in [1.54, 1.807) is 13.0 Å². The van der Waals surface area contributed by atoms with Crippen molar-refractivity contribution in [1.29, 1.82) is 0 Å². The van der Waals surface area contributed by atoms with Crippen molar-refractivity contribution in [2.45, 2.75) is 59.1 Å². The van der Waals surface area contributed by atoms with Gasteiger partial charge in [0.15, 0.2) is 0 Å². The number of benzene rings is 1. The van der Waals surface area contributed by atoms with Gasteiger partial charge in [0.05, 0.1) is 11.8 Å². The summed E-state index contributed by atoms with van der Waals surface area (Å²) < 4.78 is 14.2. The number of aliphatic hydroxyl groups is 1. The maximum absolute atomic E-state index is 14.2. The van der Waals surface area contributed by atoms with E-state index in [0.29, 0.717) is 11.3 Å². The number of hydrogen-bond donors (Lipinski definition) is 1. The third-order valence-electron chi connectivity index (χ3n) is 3.63. The summed E-state index contributed by atoms with van der Waals surface area (Å²) in [6.07, 6.45) is 2.40. The van der Waals surface area contributed by atoms with Crippen LogP contribution in [0.5, 0.6) is 0 Å². The zero-order valence-corrected chi connectivity index (χ0v) is 12.5. The fourth-order valence-corrected chi connectivity index (χ4v) is 2.27. The summed E-state index contributed by atoms with van der Waals surface area (Å²) in [4.78, 5) is 2.10. The molecule has 19 heavy (non-hydrogen) atoms. The van der Waals surface area contributed by atoms with Crippen LogP contribution in [-0.2, 0) is 0 Å². The average molecular weight is 267 g/mol. The number of nitrogens with zero attached hydrogens (tertiary/aromatic N) is 1. The van der Waals surface area contributed by atoms with E-state index >= 15 is 0 Å². The minimum Gasteiger partial charge on any atom is -0.389 e. The molecule has 0 aliphatic rings. The zero-order valence-electron chi connectivity index (χ0n) is 12.5. The molecule has 0 fully saturated rings. The van der Waals surface area contributed by atoms with Crippen molar-refractivity contribution in [3.05, 3.63) is 29.6 Å². The van der Waals surface area contributed by atoms with Crippen LogP contribution in [0, 0.1) is 5.82 Å². The highest BCUT2D eigenvalue weighted by atomic mass is 19.1. The number of para-hydroxylation sites is 1. The highest BCUT2D eigenvalue weighted by molar-refractivity contribution is 5.56. The number of halogens is 1. The zero-order chi connectivity index (χ0) is 14.4. The van der Waals surface area contributed by atoms with Crippen LogP contribution in [0.3, 0.4) is 0 Å². The Balaban J connectivity index is 3.20. The Morgan fingerprint density at radius 2 is 1.95 bits per heavy atom. The van der Waals surface area contributed by atoms with Crippen molar-refractivity contribution < 1.29 is 9.50 Å². The van der Waals surface area contributed by atoms with E-state index in [4.69, 9.17) is 0 Å². The van der Waals surface area contributed by atoms with E-state index in [1.807, 2.05) is 6.07 Å². The molecule has 1 rings (SSSR count). The molecule has 0 saturated heterocycles. The fraction of sp³-hybridized carbons (Fsp3) is 0.625. The second-order valence-electron chi connectivity index (χ2n) is 5.16. The number of hydrogen-bond acceptors (Lipinski definition) is 2. The standard InChI is InChI=1S/C16H26FNO/c1-5-7-11-18(12(3)6-2)16-14(13(4)19)9-8-10-15(16)17/h8-10,12-13,19H,5-7,11H2,1-4H3. The van der Waals surface area contributed by atoms with Gasteiger partial charge < -0.3 is 10.0 Å². The summed E-state index contributed by atoms with van der Waals surface area (Å²) in [5.74, 6) is -0.241. The molecule has 0 amide bonds. The molecule has 1 N–H and O–H groups in total. The minimum absolute atomic E-state index is 0.241. The van der Waals surface area contributed by atoms with Crippen LogP contribution in [-0.4, -0.2) is 17.7 Å². The molecule has 0 aliphatic heterocycles. The molecule has 0 saturated carbocycles. The van der Waals surface area contributed by atoms with Gasteiger partial charge in [0.25, 0.3) is 0 Å². The van der Waals surface area contributed by atoms with Crippen molar-refractivity contribution in [3.8, 4) is 0 Å². The Bertz CT molecular complexity index is 392. The molecule has 0 spiro atoms. The molecule has 3 heteroatoms. The van der Waals surface area contributed by atoms with Crippen LogP contribution in [0.15, 0.2) is 18.2 Å². The van der Waals surface area contributed by atoms with E-state index in [2.05, 4.69) is 25.7 Å². The van der Waals surface area contributed by atoms with Crippen molar-refractivity contribution in [1.82, 2.24) is 0 Å². The molecule has 0 heterocycles. The van der Waals surface area contributed by atoms with Crippen LogP contribution in [0.1, 0.15) is 58.6 Å². The van der Waals surface area contributed by atoms with Crippen LogP contribution in [0.4, 0.5) is 10.1 Å². The Morgan fingerprint density at radius 3 is 2.47 bits per heavy atom. The average Bonchev–Trinajstić information content (AvgIpc) is 2.39. The SMILES string of the molecule is CCCCN(c1c(F)cccc1C(C)O)C(C)CC. The maximum atomic E-state index is 14.2. The number of anilines is 1. The molecule has 0 radical (unpaired) electrons. The molecule has 2 atom stereocenters. The summed E-state index contributed by atoms with van der Waals surface area (Å²) in [6, 6.07) is 5.21. The summed E-state index contributed by atoms with van der Waals surface area (Å²) in [5.41, 5.74) is 1.25. The Hall–Kier alpha value is -1.09. The molecular weight excluding hydrogens is 241 g/mol. The summed E-state index contributed by atoms with van der Waals surface area (Å²) in [7, 11) is 0. The lowest BCUT2D eigenvalue weighted by molar-refractivity contribution is 0.199. The van der Waals surface area contributed by atoms with E-state index in [0.717, 1.165) is 25.8 Å². The molecule has 0 aliphatic carbocycles. The Kier molecular flexibility index (Phi) is 6.29. The van der Waals surface area contributed by atoms with Crippen LogP contribution in [0.25, 0.3) is 0 Å². The van der Waals surface area contributed by atoms with Gasteiger partial charge in [-0.3, -0.25) is 0 Å². The lowest BCUT2D eigenvalue weighted by Gasteiger charge is -2.33. The second kappa shape index (κ2) is 7.49. The molecule has 0 bridgehead atoms. The van der Waals surface area contributed by atoms with E-state index in [9.17, 15) is 9.50 Å². The van der Waals surface area contributed by atoms with E-state index < -0.39 is 6.10 Å². The molecule has 2 unspecified atom stereocenters. The molecule has 2 nitrogen and oxygen atoms in total. The van der Waals surface area contributed by atoms with Crippen LogP contribution >= 0.6 is 0 Å². The molecule has 0 aromatic heterocycles. The van der Waals surface area contributed by atoms with Gasteiger partial charge in [-0.1, -0.05) is 32.4 Å². The Morgan fingerprint density at radius 1 is 1.26 bits per heavy atom. The van der Waals surface area contributed by atoms with Crippen molar-refractivity contribution in [2.24, 2.45) is 0 Å². The largest absolute Gasteiger partial charge is 0.389 e. The molecular formula is C16H26FNO. The van der Waals surface area contributed by atoms with Crippen molar-refractivity contribution in [2.75, 3.05) is 11.4 Å². The van der Waals surface area contributed by atoms with E-state index in [-0.39, 0.29) is 11.9 Å². The second-order valence-corrected chi connectivity index (χ2v) is 5.16. The highest BCUT2D eigenvalue weighted by Gasteiger charge is 2.21. The highest BCUT2D eigenvalue weighted by Crippen LogP contribution is 2.31. The third kappa shape index (κ3) is 3.93. The van der Waals surface area contributed by atoms with Gasteiger partial charge in [-0.25, -0.2) is 4.39 Å². The lowest BCUT2D eigenvalue weighted by Crippen LogP contribution is -2.35. The summed E-state index contributed by atoms with van der Waals surface area (Å²) in [5, 5.41) is 9.86. The predicted octanol–water partition coefficient (Wildman–Crippen LogP) is 4.28. The number of aliphatic hydroxyl groups excluding tert-OH is 1.